The van der Waals surface area contributed by atoms with Gasteiger partial charge in [0.15, 0.2) is 0 Å². The van der Waals surface area contributed by atoms with Crippen molar-refractivity contribution in [1.82, 2.24) is 10.6 Å². The number of aryl methyl sites for hydroxylation is 3. The number of benzene rings is 1. The molecule has 1 aromatic carbocycles. The molecule has 0 aromatic heterocycles. The van der Waals surface area contributed by atoms with E-state index in [1.165, 1.54) is 5.56 Å². The van der Waals surface area contributed by atoms with Crippen LogP contribution < -0.4 is 10.6 Å². The first-order chi connectivity index (χ1) is 8.49. The predicted molar refractivity (Wildman–Crippen MR) is 78.0 cm³/mol. The summed E-state index contributed by atoms with van der Waals surface area (Å²) in [7, 11) is 0. The number of aliphatic hydroxyl groups is 1. The molecular weight excluding hydrogens is 264 g/mol. The Labute approximate surface area is 120 Å². The Kier molecular flexibility index (Phi) is 5.35. The van der Waals surface area contributed by atoms with Gasteiger partial charge in [-0.1, -0.05) is 6.07 Å². The van der Waals surface area contributed by atoms with Gasteiger partial charge in [0.2, 0.25) is 0 Å². The summed E-state index contributed by atoms with van der Waals surface area (Å²) in [5, 5.41) is 15.6. The fraction of sp³-hybridized carbons (Fsp3) is 0.500. The van der Waals surface area contributed by atoms with Gasteiger partial charge in [-0.15, -0.1) is 12.4 Å². The van der Waals surface area contributed by atoms with Crippen molar-refractivity contribution in [3.05, 3.63) is 34.4 Å². The number of aliphatic hydroxyl groups excluding tert-OH is 1. The van der Waals surface area contributed by atoms with Crippen molar-refractivity contribution in [2.75, 3.05) is 13.1 Å². The molecule has 4 nitrogen and oxygen atoms in total. The van der Waals surface area contributed by atoms with E-state index in [2.05, 4.69) is 10.6 Å². The molecule has 19 heavy (non-hydrogen) atoms. The number of carbonyl (C=O) groups is 1. The van der Waals surface area contributed by atoms with E-state index in [-0.39, 0.29) is 24.4 Å². The average molecular weight is 285 g/mol. The molecular formula is C14H21ClN2O2. The van der Waals surface area contributed by atoms with E-state index in [4.69, 9.17) is 0 Å². The van der Waals surface area contributed by atoms with E-state index >= 15 is 0 Å². The zero-order valence-electron chi connectivity index (χ0n) is 11.5. The first-order valence-electron chi connectivity index (χ1n) is 6.26. The normalized spacial score (nSPS) is 21.9. The smallest absolute Gasteiger partial charge is 0.251 e. The number of β-amino-alcohol motifs (C(OH)–C–C–N with tert-alkyl or cyclic N) is 1. The van der Waals surface area contributed by atoms with E-state index < -0.39 is 6.10 Å². The molecule has 0 bridgehead atoms. The Morgan fingerprint density at radius 2 is 1.84 bits per heavy atom. The summed E-state index contributed by atoms with van der Waals surface area (Å²) < 4.78 is 0. The van der Waals surface area contributed by atoms with Gasteiger partial charge in [-0.3, -0.25) is 4.79 Å². The van der Waals surface area contributed by atoms with Crippen LogP contribution in [0.2, 0.25) is 0 Å². The van der Waals surface area contributed by atoms with Crippen molar-refractivity contribution in [3.8, 4) is 0 Å². The van der Waals surface area contributed by atoms with Gasteiger partial charge < -0.3 is 15.7 Å². The van der Waals surface area contributed by atoms with Crippen molar-refractivity contribution in [1.29, 1.82) is 0 Å². The van der Waals surface area contributed by atoms with Crippen LogP contribution in [0.5, 0.6) is 0 Å². The number of rotatable bonds is 2. The lowest BCUT2D eigenvalue weighted by molar-refractivity contribution is 0.0888. The number of amides is 1. The highest BCUT2D eigenvalue weighted by Gasteiger charge is 2.26. The number of carbonyl (C=O) groups excluding carboxylic acids is 1. The van der Waals surface area contributed by atoms with Crippen LogP contribution >= 0.6 is 12.4 Å². The van der Waals surface area contributed by atoms with Crippen LogP contribution in [0.3, 0.4) is 0 Å². The van der Waals surface area contributed by atoms with Crippen LogP contribution in [0.4, 0.5) is 0 Å². The van der Waals surface area contributed by atoms with Gasteiger partial charge in [-0.05, 0) is 43.5 Å². The number of nitrogens with one attached hydrogen (secondary N) is 2. The van der Waals surface area contributed by atoms with E-state index in [1.807, 2.05) is 32.9 Å². The van der Waals surface area contributed by atoms with E-state index in [0.29, 0.717) is 18.7 Å². The third-order valence-electron chi connectivity index (χ3n) is 3.58. The molecule has 1 heterocycles. The highest BCUT2D eigenvalue weighted by atomic mass is 35.5. The maximum atomic E-state index is 12.2. The Balaban J connectivity index is 0.00000180. The summed E-state index contributed by atoms with van der Waals surface area (Å²) in [4.78, 5) is 12.2. The lowest BCUT2D eigenvalue weighted by Gasteiger charge is -2.17. The summed E-state index contributed by atoms with van der Waals surface area (Å²) in [6.45, 7) is 7.13. The maximum Gasteiger partial charge on any atom is 0.251 e. The van der Waals surface area contributed by atoms with E-state index in [9.17, 15) is 9.90 Å². The molecule has 2 atom stereocenters. The fourth-order valence-corrected chi connectivity index (χ4v) is 2.26. The van der Waals surface area contributed by atoms with Gasteiger partial charge in [0.25, 0.3) is 5.91 Å². The second kappa shape index (κ2) is 6.37. The highest BCUT2D eigenvalue weighted by molar-refractivity contribution is 5.96. The van der Waals surface area contributed by atoms with Crippen LogP contribution in [0.1, 0.15) is 27.0 Å². The van der Waals surface area contributed by atoms with Gasteiger partial charge >= 0.3 is 0 Å². The molecule has 1 aliphatic rings. The molecule has 106 valence electrons. The first-order valence-corrected chi connectivity index (χ1v) is 6.26. The third kappa shape index (κ3) is 3.47. The van der Waals surface area contributed by atoms with Gasteiger partial charge in [0, 0.05) is 18.7 Å². The van der Waals surface area contributed by atoms with E-state index in [1.54, 1.807) is 0 Å². The maximum absolute atomic E-state index is 12.2. The zero-order chi connectivity index (χ0) is 13.3. The van der Waals surface area contributed by atoms with Crippen LogP contribution in [-0.4, -0.2) is 36.2 Å². The van der Waals surface area contributed by atoms with Crippen LogP contribution in [-0.2, 0) is 0 Å². The highest BCUT2D eigenvalue weighted by Crippen LogP contribution is 2.15. The lowest BCUT2D eigenvalue weighted by atomic mass is 10.00. The van der Waals surface area contributed by atoms with Gasteiger partial charge in [0.05, 0.1) is 12.1 Å². The van der Waals surface area contributed by atoms with Crippen molar-refractivity contribution >= 4 is 18.3 Å². The summed E-state index contributed by atoms with van der Waals surface area (Å²) >= 11 is 0. The second-order valence-corrected chi connectivity index (χ2v) is 5.06. The molecule has 1 aliphatic heterocycles. The summed E-state index contributed by atoms with van der Waals surface area (Å²) in [6, 6.07) is 3.74. The molecule has 5 heteroatoms. The minimum Gasteiger partial charge on any atom is -0.390 e. The SMILES string of the molecule is Cc1cc(C)c(C(=O)N[C@@H]2CNC[C@H]2O)cc1C.Cl. The Bertz CT molecular complexity index is 477. The van der Waals surface area contributed by atoms with E-state index in [0.717, 1.165) is 11.1 Å². The number of hydrogen-bond donors (Lipinski definition) is 3. The molecule has 3 N–H and O–H groups in total. The molecule has 1 saturated heterocycles. The second-order valence-electron chi connectivity index (χ2n) is 5.06. The minimum absolute atomic E-state index is 0. The van der Waals surface area contributed by atoms with Gasteiger partial charge in [-0.25, -0.2) is 0 Å². The Morgan fingerprint density at radius 3 is 2.42 bits per heavy atom. The van der Waals surface area contributed by atoms with Crippen LogP contribution in [0.15, 0.2) is 12.1 Å². The third-order valence-corrected chi connectivity index (χ3v) is 3.58. The molecule has 0 aliphatic carbocycles. The van der Waals surface area contributed by atoms with Gasteiger partial charge in [0.1, 0.15) is 0 Å². The summed E-state index contributed by atoms with van der Waals surface area (Å²) in [5.74, 6) is -0.108. The predicted octanol–water partition coefficient (Wildman–Crippen LogP) is 1.10. The quantitative estimate of drug-likeness (QED) is 0.762. The van der Waals surface area contributed by atoms with Crippen molar-refractivity contribution in [2.45, 2.75) is 32.9 Å². The summed E-state index contributed by atoms with van der Waals surface area (Å²) in [6.07, 6.45) is -0.499. The van der Waals surface area contributed by atoms with Crippen molar-refractivity contribution in [2.24, 2.45) is 0 Å². The Hall–Kier alpha value is -1.10. The molecule has 0 radical (unpaired) electrons. The molecule has 0 spiro atoms. The topological polar surface area (TPSA) is 61.4 Å². The average Bonchev–Trinajstić information content (AvgIpc) is 2.69. The molecule has 1 aromatic rings. The minimum atomic E-state index is -0.499. The monoisotopic (exact) mass is 284 g/mol. The number of hydrogen-bond acceptors (Lipinski definition) is 3. The molecule has 1 amide bonds. The molecule has 0 saturated carbocycles. The number of halogens is 1. The summed E-state index contributed by atoms with van der Waals surface area (Å²) in [5.41, 5.74) is 3.95. The van der Waals surface area contributed by atoms with Gasteiger partial charge in [-0.2, -0.15) is 0 Å². The molecule has 1 fully saturated rings. The largest absolute Gasteiger partial charge is 0.390 e. The van der Waals surface area contributed by atoms with Crippen molar-refractivity contribution < 1.29 is 9.90 Å². The zero-order valence-corrected chi connectivity index (χ0v) is 12.3. The molecule has 0 unspecified atom stereocenters. The van der Waals surface area contributed by atoms with Crippen molar-refractivity contribution in [3.63, 3.8) is 0 Å². The van der Waals surface area contributed by atoms with Crippen LogP contribution in [0.25, 0.3) is 0 Å². The Morgan fingerprint density at radius 1 is 1.21 bits per heavy atom. The first kappa shape index (κ1) is 16.0. The standard InChI is InChI=1S/C14H20N2O2.ClH/c1-8-4-10(3)11(5-9(8)2)14(18)16-12-6-15-7-13(12)17;/h4-5,12-13,15,17H,6-7H2,1-3H3,(H,16,18);1H/t12-,13-;/m1./s1. The van der Waals surface area contributed by atoms with Crippen LogP contribution in [0, 0.1) is 20.8 Å². The molecule has 2 rings (SSSR count). The fourth-order valence-electron chi connectivity index (χ4n) is 2.26. The lowest BCUT2D eigenvalue weighted by Crippen LogP contribution is -2.43.